The Kier molecular flexibility index (Phi) is 4.92. The lowest BCUT2D eigenvalue weighted by Gasteiger charge is -2.06. The van der Waals surface area contributed by atoms with Crippen LogP contribution in [0.5, 0.6) is 0 Å². The van der Waals surface area contributed by atoms with Crippen LogP contribution < -0.4 is 0 Å². The minimum absolute atomic E-state index is 0.0883. The summed E-state index contributed by atoms with van der Waals surface area (Å²) in [5.41, 5.74) is 1.52. The van der Waals surface area contributed by atoms with Gasteiger partial charge in [-0.1, -0.05) is 29.3 Å². The molecule has 1 N–H and O–H groups in total. The Morgan fingerprint density at radius 1 is 1.27 bits per heavy atom. The van der Waals surface area contributed by atoms with Gasteiger partial charge < -0.3 is 5.11 Å². The Hall–Kier alpha value is -2.90. The van der Waals surface area contributed by atoms with E-state index in [4.69, 9.17) is 28.3 Å². The van der Waals surface area contributed by atoms with E-state index in [1.54, 1.807) is 28.9 Å². The number of carboxylic acid groups (broad SMARTS) is 1. The zero-order valence-electron chi connectivity index (χ0n) is 13.1. The lowest BCUT2D eigenvalue weighted by molar-refractivity contribution is -0.384. The van der Waals surface area contributed by atoms with Gasteiger partial charge in [0.15, 0.2) is 0 Å². The zero-order valence-corrected chi connectivity index (χ0v) is 14.6. The van der Waals surface area contributed by atoms with E-state index in [2.05, 4.69) is 5.10 Å². The van der Waals surface area contributed by atoms with Crippen LogP contribution in [0.4, 0.5) is 5.69 Å². The first-order valence-corrected chi connectivity index (χ1v) is 8.10. The molecule has 3 rings (SSSR count). The van der Waals surface area contributed by atoms with E-state index in [-0.39, 0.29) is 12.2 Å². The molecule has 1 heterocycles. The van der Waals surface area contributed by atoms with Crippen molar-refractivity contribution in [2.45, 2.75) is 6.54 Å². The molecule has 0 aliphatic heterocycles. The Balaban J connectivity index is 2.14. The van der Waals surface area contributed by atoms with Crippen LogP contribution in [0.25, 0.3) is 17.0 Å². The lowest BCUT2D eigenvalue weighted by Crippen LogP contribution is -2.03. The first kappa shape index (κ1) is 17.9. The predicted molar refractivity (Wildman–Crippen MR) is 98.6 cm³/mol. The zero-order chi connectivity index (χ0) is 18.8. The number of aromatic nitrogens is 2. The van der Waals surface area contributed by atoms with Crippen LogP contribution in [0.2, 0.25) is 10.0 Å². The van der Waals surface area contributed by atoms with Gasteiger partial charge in [-0.05, 0) is 29.8 Å². The summed E-state index contributed by atoms with van der Waals surface area (Å²) in [6, 6.07) is 9.30. The van der Waals surface area contributed by atoms with E-state index in [9.17, 15) is 14.9 Å². The Labute approximate surface area is 157 Å². The quantitative estimate of drug-likeness (QED) is 0.394. The number of nitrogens with zero attached hydrogens (tertiary/aromatic N) is 3. The molecular formula is C17H11Cl2N3O4. The van der Waals surface area contributed by atoms with Crippen LogP contribution in [0.1, 0.15) is 11.3 Å². The first-order valence-electron chi connectivity index (χ1n) is 7.35. The summed E-state index contributed by atoms with van der Waals surface area (Å²) in [4.78, 5) is 21.4. The number of non-ortho nitro benzene ring substituents is 1. The molecule has 0 fully saturated rings. The number of nitro benzene ring substituents is 1. The Morgan fingerprint density at radius 2 is 2.04 bits per heavy atom. The van der Waals surface area contributed by atoms with Crippen molar-refractivity contribution in [3.8, 4) is 0 Å². The largest absolute Gasteiger partial charge is 0.478 e. The van der Waals surface area contributed by atoms with Crippen molar-refractivity contribution in [1.29, 1.82) is 0 Å². The molecule has 2 aromatic carbocycles. The molecular weight excluding hydrogens is 381 g/mol. The number of fused-ring (bicyclic) bond motifs is 1. The second-order valence-electron chi connectivity index (χ2n) is 5.41. The maximum atomic E-state index is 11.1. The number of halogens is 2. The van der Waals surface area contributed by atoms with E-state index < -0.39 is 10.9 Å². The van der Waals surface area contributed by atoms with Gasteiger partial charge in [0.05, 0.1) is 22.7 Å². The molecule has 3 aromatic rings. The standard InChI is InChI=1S/C17H11Cl2N3O4/c18-11-2-1-10(14(19)7-11)9-21-16-8-12(22(25)26)3-4-13(16)15(20-21)5-6-17(23)24/h1-8H,9H2,(H,23,24). The monoisotopic (exact) mass is 391 g/mol. The number of rotatable bonds is 5. The van der Waals surface area contributed by atoms with Gasteiger partial charge in [-0.15, -0.1) is 0 Å². The van der Waals surface area contributed by atoms with Crippen molar-refractivity contribution in [2.75, 3.05) is 0 Å². The molecule has 0 saturated carbocycles. The number of hydrogen-bond donors (Lipinski definition) is 1. The highest BCUT2D eigenvalue weighted by molar-refractivity contribution is 6.35. The van der Waals surface area contributed by atoms with Crippen molar-refractivity contribution in [1.82, 2.24) is 9.78 Å². The summed E-state index contributed by atoms with van der Waals surface area (Å²) in [5, 5.41) is 25.8. The Bertz CT molecular complexity index is 1060. The van der Waals surface area contributed by atoms with Crippen LogP contribution in [0.15, 0.2) is 42.5 Å². The molecule has 0 aliphatic carbocycles. The number of hydrogen-bond acceptors (Lipinski definition) is 4. The minimum Gasteiger partial charge on any atom is -0.478 e. The summed E-state index contributed by atoms with van der Waals surface area (Å²) in [7, 11) is 0. The third kappa shape index (κ3) is 3.68. The fourth-order valence-corrected chi connectivity index (χ4v) is 2.97. The van der Waals surface area contributed by atoms with E-state index in [1.165, 1.54) is 18.2 Å². The average molecular weight is 392 g/mol. The van der Waals surface area contributed by atoms with Gasteiger partial charge in [-0.3, -0.25) is 14.8 Å². The van der Waals surface area contributed by atoms with E-state index in [0.29, 0.717) is 26.6 Å². The second-order valence-corrected chi connectivity index (χ2v) is 6.25. The van der Waals surface area contributed by atoms with E-state index in [0.717, 1.165) is 11.6 Å². The summed E-state index contributed by atoms with van der Waals surface area (Å²) >= 11 is 12.1. The van der Waals surface area contributed by atoms with Crippen molar-refractivity contribution < 1.29 is 14.8 Å². The van der Waals surface area contributed by atoms with Crippen molar-refractivity contribution in [2.24, 2.45) is 0 Å². The lowest BCUT2D eigenvalue weighted by atomic mass is 10.1. The van der Waals surface area contributed by atoms with Gasteiger partial charge in [0.2, 0.25) is 0 Å². The molecule has 7 nitrogen and oxygen atoms in total. The number of carboxylic acids is 1. The summed E-state index contributed by atoms with van der Waals surface area (Å²) in [5.74, 6) is -1.12. The fraction of sp³-hybridized carbons (Fsp3) is 0.0588. The summed E-state index contributed by atoms with van der Waals surface area (Å²) in [6.07, 6.45) is 2.30. The van der Waals surface area contributed by atoms with E-state index in [1.807, 2.05) is 0 Å². The van der Waals surface area contributed by atoms with Gasteiger partial charge in [-0.2, -0.15) is 5.10 Å². The molecule has 0 bridgehead atoms. The highest BCUT2D eigenvalue weighted by Crippen LogP contribution is 2.27. The summed E-state index contributed by atoms with van der Waals surface area (Å²) < 4.78 is 1.54. The minimum atomic E-state index is -1.12. The van der Waals surface area contributed by atoms with Crippen LogP contribution in [0, 0.1) is 10.1 Å². The van der Waals surface area contributed by atoms with Gasteiger partial charge in [0, 0.05) is 33.6 Å². The van der Waals surface area contributed by atoms with Gasteiger partial charge in [-0.25, -0.2) is 4.79 Å². The summed E-state index contributed by atoms with van der Waals surface area (Å²) in [6.45, 7) is 0.245. The molecule has 26 heavy (non-hydrogen) atoms. The number of nitro groups is 1. The molecule has 0 radical (unpaired) electrons. The second kappa shape index (κ2) is 7.15. The topological polar surface area (TPSA) is 98.3 Å². The molecule has 0 unspecified atom stereocenters. The molecule has 132 valence electrons. The number of aliphatic carboxylic acids is 1. The molecule has 0 saturated heterocycles. The van der Waals surface area contributed by atoms with Crippen LogP contribution >= 0.6 is 23.2 Å². The molecule has 0 atom stereocenters. The third-order valence-corrected chi connectivity index (χ3v) is 4.28. The molecule has 1 aromatic heterocycles. The van der Waals surface area contributed by atoms with Crippen LogP contribution in [0.3, 0.4) is 0 Å². The van der Waals surface area contributed by atoms with Crippen LogP contribution in [-0.4, -0.2) is 25.8 Å². The van der Waals surface area contributed by atoms with E-state index >= 15 is 0 Å². The average Bonchev–Trinajstić information content (AvgIpc) is 2.92. The molecule has 0 spiro atoms. The maximum absolute atomic E-state index is 11.1. The highest BCUT2D eigenvalue weighted by Gasteiger charge is 2.15. The molecule has 0 amide bonds. The van der Waals surface area contributed by atoms with Gasteiger partial charge >= 0.3 is 5.97 Å². The van der Waals surface area contributed by atoms with Crippen molar-refractivity contribution >= 4 is 51.8 Å². The highest BCUT2D eigenvalue weighted by atomic mass is 35.5. The molecule has 9 heteroatoms. The third-order valence-electron chi connectivity index (χ3n) is 3.69. The van der Waals surface area contributed by atoms with Gasteiger partial charge in [0.1, 0.15) is 0 Å². The van der Waals surface area contributed by atoms with Gasteiger partial charge in [0.25, 0.3) is 5.69 Å². The van der Waals surface area contributed by atoms with Crippen molar-refractivity contribution in [3.63, 3.8) is 0 Å². The normalized spacial score (nSPS) is 11.3. The predicted octanol–water partition coefficient (Wildman–Crippen LogP) is 4.40. The fourth-order valence-electron chi connectivity index (χ4n) is 2.51. The Morgan fingerprint density at radius 3 is 2.69 bits per heavy atom. The number of benzene rings is 2. The maximum Gasteiger partial charge on any atom is 0.328 e. The smallest absolute Gasteiger partial charge is 0.328 e. The van der Waals surface area contributed by atoms with Crippen molar-refractivity contribution in [3.05, 3.63) is 73.9 Å². The number of carbonyl (C=O) groups is 1. The first-order chi connectivity index (χ1) is 12.3. The van der Waals surface area contributed by atoms with Crippen LogP contribution in [-0.2, 0) is 11.3 Å². The molecule has 0 aliphatic rings. The SMILES string of the molecule is O=C(O)C=Cc1nn(Cc2ccc(Cl)cc2Cl)c2cc([N+](=O)[O-])ccc12.